The Hall–Kier alpha value is -2.64. The number of benzene rings is 1. The number of rotatable bonds is 2. The maximum absolute atomic E-state index is 12.3. The Balaban J connectivity index is 1.90. The zero-order valence-corrected chi connectivity index (χ0v) is 9.76. The molecule has 0 aliphatic heterocycles. The van der Waals surface area contributed by atoms with Gasteiger partial charge in [0, 0.05) is 11.1 Å². The van der Waals surface area contributed by atoms with E-state index < -0.39 is 12.1 Å². The van der Waals surface area contributed by atoms with Crippen molar-refractivity contribution in [2.75, 3.05) is 0 Å². The highest BCUT2D eigenvalue weighted by atomic mass is 19.4. The Bertz CT molecular complexity index is 702. The van der Waals surface area contributed by atoms with Crippen LogP contribution in [0.2, 0.25) is 0 Å². The minimum absolute atomic E-state index is 0.128. The lowest BCUT2D eigenvalue weighted by molar-refractivity contribution is -0.159. The van der Waals surface area contributed by atoms with Crippen LogP contribution in [-0.4, -0.2) is 15.1 Å². The number of hydrogen-bond donors (Lipinski definition) is 0. The van der Waals surface area contributed by atoms with Crippen LogP contribution in [0.5, 0.6) is 0 Å². The summed E-state index contributed by atoms with van der Waals surface area (Å²) in [6.45, 7) is 0. The first-order chi connectivity index (χ1) is 9.54. The standard InChI is InChI=1S/C12H6F3N3O2/c13-12(14,15)11-17-9(18-20-11)7-1-3-8(4-2-7)10-16-5-6-19-10/h1-6H. The fraction of sp³-hybridized carbons (Fsp3) is 0.0833. The summed E-state index contributed by atoms with van der Waals surface area (Å²) < 4.78 is 46.3. The van der Waals surface area contributed by atoms with Crippen LogP contribution in [0.25, 0.3) is 22.8 Å². The largest absolute Gasteiger partial charge is 0.471 e. The third kappa shape index (κ3) is 2.27. The molecule has 20 heavy (non-hydrogen) atoms. The molecule has 0 saturated carbocycles. The van der Waals surface area contributed by atoms with Crippen molar-refractivity contribution in [3.8, 4) is 22.8 Å². The SMILES string of the molecule is FC(F)(F)c1nc(-c2ccc(-c3ncco3)cc2)no1. The highest BCUT2D eigenvalue weighted by Gasteiger charge is 2.38. The van der Waals surface area contributed by atoms with Gasteiger partial charge in [0.05, 0.1) is 6.20 Å². The predicted molar refractivity (Wildman–Crippen MR) is 60.2 cm³/mol. The Morgan fingerprint density at radius 3 is 2.25 bits per heavy atom. The second-order valence-electron chi connectivity index (χ2n) is 3.84. The highest BCUT2D eigenvalue weighted by molar-refractivity contribution is 5.61. The van der Waals surface area contributed by atoms with Gasteiger partial charge in [-0.25, -0.2) is 4.98 Å². The number of nitrogens with zero attached hydrogens (tertiary/aromatic N) is 3. The average molecular weight is 281 g/mol. The van der Waals surface area contributed by atoms with Crippen molar-refractivity contribution in [2.45, 2.75) is 6.18 Å². The van der Waals surface area contributed by atoms with Crippen molar-refractivity contribution in [2.24, 2.45) is 0 Å². The summed E-state index contributed by atoms with van der Waals surface area (Å²) in [4.78, 5) is 7.26. The van der Waals surface area contributed by atoms with E-state index in [4.69, 9.17) is 4.42 Å². The second-order valence-corrected chi connectivity index (χ2v) is 3.84. The Labute approximate surface area is 110 Å². The van der Waals surface area contributed by atoms with Gasteiger partial charge in [-0.15, -0.1) is 0 Å². The van der Waals surface area contributed by atoms with E-state index in [1.165, 1.54) is 12.5 Å². The number of alkyl halides is 3. The molecule has 1 aromatic carbocycles. The third-order valence-electron chi connectivity index (χ3n) is 2.49. The quantitative estimate of drug-likeness (QED) is 0.720. The molecule has 0 spiro atoms. The molecule has 0 atom stereocenters. The maximum atomic E-state index is 12.3. The summed E-state index contributed by atoms with van der Waals surface area (Å²) in [5.41, 5.74) is 1.10. The molecular formula is C12H6F3N3O2. The minimum Gasteiger partial charge on any atom is -0.445 e. The van der Waals surface area contributed by atoms with Crippen LogP contribution < -0.4 is 0 Å². The topological polar surface area (TPSA) is 65.0 Å². The molecule has 0 unspecified atom stereocenters. The van der Waals surface area contributed by atoms with Crippen LogP contribution in [0.15, 0.2) is 45.7 Å². The Morgan fingerprint density at radius 2 is 1.70 bits per heavy atom. The molecular weight excluding hydrogens is 275 g/mol. The molecule has 102 valence electrons. The number of oxazole rings is 1. The lowest BCUT2D eigenvalue weighted by Crippen LogP contribution is -2.04. The van der Waals surface area contributed by atoms with Crippen LogP contribution in [0.1, 0.15) is 5.89 Å². The Kier molecular flexibility index (Phi) is 2.78. The first-order valence-corrected chi connectivity index (χ1v) is 5.45. The number of halogens is 3. The minimum atomic E-state index is -4.65. The molecule has 3 rings (SSSR count). The van der Waals surface area contributed by atoms with Gasteiger partial charge >= 0.3 is 12.1 Å². The van der Waals surface area contributed by atoms with Gasteiger partial charge in [0.2, 0.25) is 11.7 Å². The van der Waals surface area contributed by atoms with Gasteiger partial charge < -0.3 is 8.94 Å². The number of aromatic nitrogens is 3. The molecule has 0 fully saturated rings. The average Bonchev–Trinajstić information content (AvgIpc) is 3.10. The molecule has 0 aliphatic rings. The molecule has 3 aromatic rings. The summed E-state index contributed by atoms with van der Waals surface area (Å²) in [5.74, 6) is -1.08. The summed E-state index contributed by atoms with van der Waals surface area (Å²) in [6, 6.07) is 6.41. The van der Waals surface area contributed by atoms with Gasteiger partial charge in [-0.05, 0) is 12.1 Å². The molecule has 0 bridgehead atoms. The second kappa shape index (κ2) is 4.48. The van der Waals surface area contributed by atoms with Crippen LogP contribution in [0.3, 0.4) is 0 Å². The van der Waals surface area contributed by atoms with E-state index in [1.807, 2.05) is 0 Å². The van der Waals surface area contributed by atoms with E-state index in [9.17, 15) is 13.2 Å². The molecule has 0 aliphatic carbocycles. The lowest BCUT2D eigenvalue weighted by atomic mass is 10.1. The van der Waals surface area contributed by atoms with E-state index in [0.717, 1.165) is 0 Å². The molecule has 0 N–H and O–H groups in total. The van der Waals surface area contributed by atoms with Crippen molar-refractivity contribution < 1.29 is 22.1 Å². The molecule has 0 saturated heterocycles. The molecule has 5 nitrogen and oxygen atoms in total. The van der Waals surface area contributed by atoms with Crippen molar-refractivity contribution in [1.82, 2.24) is 15.1 Å². The van der Waals surface area contributed by atoms with E-state index in [-0.39, 0.29) is 5.82 Å². The molecule has 2 aromatic heterocycles. The first kappa shape index (κ1) is 12.4. The van der Waals surface area contributed by atoms with Crippen LogP contribution in [0, 0.1) is 0 Å². The van der Waals surface area contributed by atoms with E-state index in [0.29, 0.717) is 17.0 Å². The van der Waals surface area contributed by atoms with Gasteiger partial charge in [-0.2, -0.15) is 18.2 Å². The molecule has 0 radical (unpaired) electrons. The monoisotopic (exact) mass is 281 g/mol. The molecule has 8 heteroatoms. The van der Waals surface area contributed by atoms with Crippen LogP contribution in [0.4, 0.5) is 13.2 Å². The Morgan fingerprint density at radius 1 is 1.00 bits per heavy atom. The fourth-order valence-electron chi connectivity index (χ4n) is 1.58. The maximum Gasteiger partial charge on any atom is 0.471 e. The van der Waals surface area contributed by atoms with Crippen molar-refractivity contribution in [3.63, 3.8) is 0 Å². The smallest absolute Gasteiger partial charge is 0.445 e. The summed E-state index contributed by atoms with van der Waals surface area (Å²) in [5, 5.41) is 3.30. The lowest BCUT2D eigenvalue weighted by Gasteiger charge is -1.98. The summed E-state index contributed by atoms with van der Waals surface area (Å²) >= 11 is 0. The number of hydrogen-bond acceptors (Lipinski definition) is 5. The van der Waals surface area contributed by atoms with Gasteiger partial charge in [-0.1, -0.05) is 17.3 Å². The molecule has 2 heterocycles. The molecule has 0 amide bonds. The fourth-order valence-corrected chi connectivity index (χ4v) is 1.58. The first-order valence-electron chi connectivity index (χ1n) is 5.45. The summed E-state index contributed by atoms with van der Waals surface area (Å²) in [7, 11) is 0. The highest BCUT2D eigenvalue weighted by Crippen LogP contribution is 2.29. The van der Waals surface area contributed by atoms with Gasteiger partial charge in [0.1, 0.15) is 6.26 Å². The van der Waals surface area contributed by atoms with E-state index in [2.05, 4.69) is 19.6 Å². The zero-order chi connectivity index (χ0) is 14.2. The normalized spacial score (nSPS) is 11.8. The van der Waals surface area contributed by atoms with Crippen molar-refractivity contribution >= 4 is 0 Å². The van der Waals surface area contributed by atoms with Crippen LogP contribution >= 0.6 is 0 Å². The van der Waals surface area contributed by atoms with E-state index in [1.54, 1.807) is 24.3 Å². The third-order valence-corrected chi connectivity index (χ3v) is 2.49. The van der Waals surface area contributed by atoms with Gasteiger partial charge in [0.15, 0.2) is 0 Å². The van der Waals surface area contributed by atoms with Gasteiger partial charge in [0.25, 0.3) is 0 Å². The van der Waals surface area contributed by atoms with Crippen LogP contribution in [-0.2, 0) is 6.18 Å². The van der Waals surface area contributed by atoms with E-state index >= 15 is 0 Å². The predicted octanol–water partition coefficient (Wildman–Crippen LogP) is 3.41. The van der Waals surface area contributed by atoms with Crippen molar-refractivity contribution in [3.05, 3.63) is 42.6 Å². The van der Waals surface area contributed by atoms with Crippen molar-refractivity contribution in [1.29, 1.82) is 0 Å². The summed E-state index contributed by atoms with van der Waals surface area (Å²) in [6.07, 6.45) is -1.72. The zero-order valence-electron chi connectivity index (χ0n) is 9.76. The van der Waals surface area contributed by atoms with Gasteiger partial charge in [-0.3, -0.25) is 0 Å².